The Morgan fingerprint density at radius 1 is 0.943 bits per heavy atom. The van der Waals surface area contributed by atoms with Gasteiger partial charge in [-0.05, 0) is 38.0 Å². The zero-order valence-corrected chi connectivity index (χ0v) is 21.1. The maximum absolute atomic E-state index is 13.2. The Morgan fingerprint density at radius 3 is 2.43 bits per heavy atom. The number of rotatable bonds is 5. The van der Waals surface area contributed by atoms with E-state index in [-0.39, 0.29) is 12.2 Å². The largest absolute Gasteiger partial charge is 0.454 e. The molecule has 0 N–H and O–H groups in total. The van der Waals surface area contributed by atoms with Gasteiger partial charge in [-0.3, -0.25) is 4.90 Å². The normalized spacial score (nSPS) is 21.0. The van der Waals surface area contributed by atoms with Gasteiger partial charge < -0.3 is 19.1 Å². The number of halogens is 1. The fraction of sp³-hybridized carbons (Fsp3) is 0.464. The Kier molecular flexibility index (Phi) is 6.11. The first-order chi connectivity index (χ1) is 17.1. The van der Waals surface area contributed by atoms with Gasteiger partial charge in [-0.15, -0.1) is 0 Å². The number of carbonyl (C=O) groups excluding carboxylic acids is 1. The number of piperazine rings is 1. The van der Waals surface area contributed by atoms with Crippen molar-refractivity contribution in [3.05, 3.63) is 53.6 Å². The molecular weight excluding hydrogens is 460 g/mol. The zero-order valence-electron chi connectivity index (χ0n) is 20.3. The molecule has 2 saturated heterocycles. The van der Waals surface area contributed by atoms with Crippen molar-refractivity contribution < 1.29 is 9.21 Å². The van der Waals surface area contributed by atoms with Crippen LogP contribution in [0.1, 0.15) is 32.6 Å². The molecule has 3 fully saturated rings. The first-order valence-electron chi connectivity index (χ1n) is 12.9. The highest BCUT2D eigenvalue weighted by atomic mass is 35.5. The minimum Gasteiger partial charge on any atom is -0.454 e. The Labute approximate surface area is 212 Å². The molecule has 0 radical (unpaired) electrons. The minimum atomic E-state index is 0.115. The van der Waals surface area contributed by atoms with Crippen LogP contribution in [0.25, 0.3) is 22.3 Å². The third kappa shape index (κ3) is 4.27. The number of urea groups is 1. The van der Waals surface area contributed by atoms with E-state index in [0.717, 1.165) is 72.3 Å². The van der Waals surface area contributed by atoms with Crippen LogP contribution in [0, 0.1) is 0 Å². The molecule has 1 aromatic heterocycles. The van der Waals surface area contributed by atoms with Crippen molar-refractivity contribution in [3.63, 3.8) is 0 Å². The molecule has 3 aromatic rings. The highest BCUT2D eigenvalue weighted by Gasteiger charge is 2.39. The zero-order chi connectivity index (χ0) is 23.9. The van der Waals surface area contributed by atoms with E-state index < -0.39 is 0 Å². The van der Waals surface area contributed by atoms with Gasteiger partial charge in [0.25, 0.3) is 0 Å². The predicted molar refractivity (Wildman–Crippen MR) is 141 cm³/mol. The molecule has 2 amide bonds. The lowest BCUT2D eigenvalue weighted by molar-refractivity contribution is 0.0812. The smallest absolute Gasteiger partial charge is 0.321 e. The van der Waals surface area contributed by atoms with Crippen molar-refractivity contribution in [2.75, 3.05) is 44.2 Å². The Balaban J connectivity index is 1.16. The van der Waals surface area contributed by atoms with Gasteiger partial charge in [0.05, 0.1) is 11.9 Å². The topological polar surface area (TPSA) is 43.2 Å². The van der Waals surface area contributed by atoms with Crippen LogP contribution < -0.4 is 4.90 Å². The summed E-state index contributed by atoms with van der Waals surface area (Å²) in [7, 11) is 0. The molecule has 184 valence electrons. The number of anilines is 1. The van der Waals surface area contributed by atoms with Crippen molar-refractivity contribution in [2.45, 2.75) is 44.8 Å². The first-order valence-corrected chi connectivity index (χ1v) is 13.3. The van der Waals surface area contributed by atoms with Gasteiger partial charge >= 0.3 is 6.03 Å². The molecule has 1 atom stereocenters. The summed E-state index contributed by atoms with van der Waals surface area (Å²) in [5, 5.41) is 1.75. The lowest BCUT2D eigenvalue weighted by Gasteiger charge is -2.41. The van der Waals surface area contributed by atoms with Gasteiger partial charge in [-0.25, -0.2) is 4.79 Å². The van der Waals surface area contributed by atoms with Gasteiger partial charge in [-0.2, -0.15) is 0 Å². The number of nitrogens with zero attached hydrogens (tertiary/aromatic N) is 4. The molecule has 0 spiro atoms. The van der Waals surface area contributed by atoms with Crippen LogP contribution in [0.3, 0.4) is 0 Å². The van der Waals surface area contributed by atoms with E-state index in [1.807, 2.05) is 30.3 Å². The average molecular weight is 493 g/mol. The summed E-state index contributed by atoms with van der Waals surface area (Å²) in [6.07, 6.45) is 4.96. The second-order valence-electron chi connectivity index (χ2n) is 10.1. The van der Waals surface area contributed by atoms with Crippen LogP contribution >= 0.6 is 11.6 Å². The van der Waals surface area contributed by atoms with Crippen LogP contribution in [0.2, 0.25) is 5.02 Å². The molecule has 1 unspecified atom stereocenters. The number of fused-ring (bicyclic) bond motifs is 1. The average Bonchev–Trinajstić information content (AvgIpc) is 3.63. The number of benzene rings is 2. The highest BCUT2D eigenvalue weighted by molar-refractivity contribution is 6.31. The molecule has 7 heteroatoms. The summed E-state index contributed by atoms with van der Waals surface area (Å²) in [6, 6.07) is 16.9. The standard InChI is InChI=1S/C28H33ClN4O2/c1-20(32-15-16-33(28(32)34)24-9-5-6-10-24)30-11-13-31(14-12-30)25-19-23(29)17-22-18-26(35-27(22)25)21-7-3-2-4-8-21/h2-4,7-8,17-20,24H,5-6,9-16H2,1H3. The van der Waals surface area contributed by atoms with E-state index in [1.165, 1.54) is 25.7 Å². The molecule has 0 bridgehead atoms. The maximum Gasteiger partial charge on any atom is 0.321 e. The predicted octanol–water partition coefficient (Wildman–Crippen LogP) is 5.90. The number of hydrogen-bond acceptors (Lipinski definition) is 4. The molecule has 1 aliphatic carbocycles. The maximum atomic E-state index is 13.2. The van der Waals surface area contributed by atoms with Gasteiger partial charge in [0.15, 0.2) is 5.58 Å². The molecule has 3 heterocycles. The minimum absolute atomic E-state index is 0.115. The molecular formula is C28H33ClN4O2. The number of amides is 2. The van der Waals surface area contributed by atoms with Crippen LogP contribution in [0.5, 0.6) is 0 Å². The Morgan fingerprint density at radius 2 is 1.69 bits per heavy atom. The van der Waals surface area contributed by atoms with E-state index in [1.54, 1.807) is 0 Å². The Bertz CT molecular complexity index is 1200. The van der Waals surface area contributed by atoms with Crippen molar-refractivity contribution in [2.24, 2.45) is 0 Å². The second kappa shape index (κ2) is 9.40. The van der Waals surface area contributed by atoms with E-state index >= 15 is 0 Å². The van der Waals surface area contributed by atoms with E-state index in [9.17, 15) is 4.79 Å². The SMILES string of the molecule is CC(N1CCN(c2cc(Cl)cc3cc(-c4ccccc4)oc23)CC1)N1CCN(C2CCCC2)C1=O. The van der Waals surface area contributed by atoms with Gasteiger partial charge in [0.1, 0.15) is 5.76 Å². The molecule has 2 aliphatic heterocycles. The van der Waals surface area contributed by atoms with Crippen molar-refractivity contribution in [1.82, 2.24) is 14.7 Å². The van der Waals surface area contributed by atoms with Crippen LogP contribution in [0.4, 0.5) is 10.5 Å². The summed E-state index contributed by atoms with van der Waals surface area (Å²) in [5.74, 6) is 0.857. The summed E-state index contributed by atoms with van der Waals surface area (Å²) < 4.78 is 6.35. The monoisotopic (exact) mass is 492 g/mol. The Hall–Kier alpha value is -2.70. The van der Waals surface area contributed by atoms with Crippen LogP contribution in [-0.2, 0) is 0 Å². The fourth-order valence-electron chi connectivity index (χ4n) is 6.09. The van der Waals surface area contributed by atoms with E-state index in [2.05, 4.69) is 44.7 Å². The lowest BCUT2D eigenvalue weighted by Crippen LogP contribution is -2.55. The third-order valence-corrected chi connectivity index (χ3v) is 8.31. The van der Waals surface area contributed by atoms with Crippen molar-refractivity contribution in [1.29, 1.82) is 0 Å². The molecule has 35 heavy (non-hydrogen) atoms. The van der Waals surface area contributed by atoms with Gasteiger partial charge in [0.2, 0.25) is 0 Å². The van der Waals surface area contributed by atoms with Crippen LogP contribution in [0.15, 0.2) is 52.9 Å². The molecule has 2 aromatic carbocycles. The van der Waals surface area contributed by atoms with E-state index in [4.69, 9.17) is 16.0 Å². The second-order valence-corrected chi connectivity index (χ2v) is 10.5. The van der Waals surface area contributed by atoms with E-state index in [0.29, 0.717) is 6.04 Å². The van der Waals surface area contributed by atoms with Crippen molar-refractivity contribution in [3.8, 4) is 11.3 Å². The lowest BCUT2D eigenvalue weighted by atomic mass is 10.1. The summed E-state index contributed by atoms with van der Waals surface area (Å²) in [6.45, 7) is 7.42. The number of hydrogen-bond donors (Lipinski definition) is 0. The molecule has 1 saturated carbocycles. The third-order valence-electron chi connectivity index (χ3n) is 8.09. The fourth-order valence-corrected chi connectivity index (χ4v) is 6.31. The molecule has 6 rings (SSSR count). The molecule has 6 nitrogen and oxygen atoms in total. The summed E-state index contributed by atoms with van der Waals surface area (Å²) >= 11 is 6.52. The summed E-state index contributed by atoms with van der Waals surface area (Å²) in [5.41, 5.74) is 3.00. The molecule has 3 aliphatic rings. The van der Waals surface area contributed by atoms with Crippen LogP contribution in [-0.4, -0.2) is 72.2 Å². The highest BCUT2D eigenvalue weighted by Crippen LogP contribution is 2.37. The van der Waals surface area contributed by atoms with Gasteiger partial charge in [-0.1, -0.05) is 54.8 Å². The van der Waals surface area contributed by atoms with Crippen molar-refractivity contribution >= 4 is 34.3 Å². The number of furan rings is 1. The van der Waals surface area contributed by atoms with Gasteiger partial charge in [0, 0.05) is 61.3 Å². The first kappa shape index (κ1) is 22.7. The quantitative estimate of drug-likeness (QED) is 0.444. The number of carbonyl (C=O) groups is 1. The summed E-state index contributed by atoms with van der Waals surface area (Å²) in [4.78, 5) is 22.2.